The molecule has 7 heteroatoms. The molecule has 3 rings (SSSR count). The second-order valence-corrected chi connectivity index (χ2v) is 7.25. The van der Waals surface area contributed by atoms with Crippen molar-refractivity contribution in [3.8, 4) is 0 Å². The van der Waals surface area contributed by atoms with Crippen molar-refractivity contribution in [3.05, 3.63) is 74.4 Å². The highest BCUT2D eigenvalue weighted by Crippen LogP contribution is 2.23. The Morgan fingerprint density at radius 3 is 2.91 bits per heavy atom. The van der Waals surface area contributed by atoms with Gasteiger partial charge in [0.2, 0.25) is 0 Å². The van der Waals surface area contributed by atoms with Gasteiger partial charge in [0.25, 0.3) is 5.91 Å². The first-order valence-corrected chi connectivity index (χ1v) is 8.70. The highest BCUT2D eigenvalue weighted by Gasteiger charge is 2.10. The van der Waals surface area contributed by atoms with E-state index in [2.05, 4.69) is 31.2 Å². The summed E-state index contributed by atoms with van der Waals surface area (Å²) in [6.45, 7) is 0. The molecule has 0 bridgehead atoms. The summed E-state index contributed by atoms with van der Waals surface area (Å²) in [7, 11) is 0. The molecule has 4 nitrogen and oxygen atoms in total. The van der Waals surface area contributed by atoms with Crippen LogP contribution in [-0.2, 0) is 6.42 Å². The predicted octanol–water partition coefficient (Wildman–Crippen LogP) is 4.80. The lowest BCUT2D eigenvalue weighted by Crippen LogP contribution is -2.11. The number of carbonyl (C=O) groups excluding carboxylic acids is 1. The quantitative estimate of drug-likeness (QED) is 0.675. The van der Waals surface area contributed by atoms with E-state index in [-0.39, 0.29) is 5.91 Å². The molecule has 0 spiro atoms. The van der Waals surface area contributed by atoms with E-state index in [1.807, 2.05) is 24.3 Å². The Labute approximate surface area is 150 Å². The lowest BCUT2D eigenvalue weighted by atomic mass is 10.1. The summed E-state index contributed by atoms with van der Waals surface area (Å²) in [5, 5.41) is 4.06. The molecule has 0 saturated heterocycles. The van der Waals surface area contributed by atoms with Crippen molar-refractivity contribution >= 4 is 49.9 Å². The second kappa shape index (κ2) is 7.21. The van der Waals surface area contributed by atoms with E-state index in [4.69, 9.17) is 11.6 Å². The van der Waals surface area contributed by atoms with Crippen molar-refractivity contribution < 1.29 is 4.79 Å². The van der Waals surface area contributed by atoms with E-state index in [0.29, 0.717) is 15.7 Å². The van der Waals surface area contributed by atoms with Crippen LogP contribution in [0, 0.1) is 0 Å². The minimum atomic E-state index is -0.234. The lowest BCUT2D eigenvalue weighted by molar-refractivity contribution is 0.102. The van der Waals surface area contributed by atoms with Gasteiger partial charge in [0, 0.05) is 39.4 Å². The Kier molecular flexibility index (Phi) is 5.05. The van der Waals surface area contributed by atoms with Crippen molar-refractivity contribution in [2.45, 2.75) is 6.42 Å². The maximum absolute atomic E-state index is 12.2. The van der Waals surface area contributed by atoms with Gasteiger partial charge in [0.1, 0.15) is 0 Å². The van der Waals surface area contributed by atoms with Gasteiger partial charge < -0.3 is 0 Å². The molecule has 1 N–H and O–H groups in total. The zero-order valence-corrected chi connectivity index (χ0v) is 15.0. The van der Waals surface area contributed by atoms with Gasteiger partial charge in [-0.05, 0) is 39.7 Å². The third-order valence-electron chi connectivity index (χ3n) is 3.01. The van der Waals surface area contributed by atoms with Crippen LogP contribution in [0.2, 0.25) is 5.02 Å². The zero-order chi connectivity index (χ0) is 16.2. The summed E-state index contributed by atoms with van der Waals surface area (Å²) >= 11 is 10.7. The van der Waals surface area contributed by atoms with Crippen LogP contribution in [0.5, 0.6) is 0 Å². The van der Waals surface area contributed by atoms with Crippen molar-refractivity contribution in [1.29, 1.82) is 0 Å². The first-order valence-electron chi connectivity index (χ1n) is 6.71. The standard InChI is InChI=1S/C16H11BrClN3OS/c17-12-6-11(7-19-8-12)15(22)21-16-20-9-14(23-16)5-10-2-1-3-13(18)4-10/h1-4,6-9H,5H2,(H,20,21,22). The van der Waals surface area contributed by atoms with Crippen LogP contribution in [0.15, 0.2) is 53.4 Å². The summed E-state index contributed by atoms with van der Waals surface area (Å²) in [6.07, 6.45) is 5.64. The molecule has 23 heavy (non-hydrogen) atoms. The Morgan fingerprint density at radius 1 is 1.26 bits per heavy atom. The third kappa shape index (κ3) is 4.37. The number of rotatable bonds is 4. The maximum Gasteiger partial charge on any atom is 0.259 e. The van der Waals surface area contributed by atoms with Crippen LogP contribution < -0.4 is 5.32 Å². The molecule has 1 aromatic carbocycles. The number of amides is 1. The summed E-state index contributed by atoms with van der Waals surface area (Å²) in [6, 6.07) is 9.41. The fourth-order valence-electron chi connectivity index (χ4n) is 2.00. The van der Waals surface area contributed by atoms with Crippen LogP contribution in [0.25, 0.3) is 0 Å². The third-order valence-corrected chi connectivity index (χ3v) is 4.59. The fourth-order valence-corrected chi connectivity index (χ4v) is 3.42. The van der Waals surface area contributed by atoms with E-state index in [1.54, 1.807) is 18.5 Å². The Balaban J connectivity index is 1.68. The zero-order valence-electron chi connectivity index (χ0n) is 11.8. The van der Waals surface area contributed by atoms with Crippen molar-refractivity contribution in [2.75, 3.05) is 5.32 Å². The largest absolute Gasteiger partial charge is 0.298 e. The summed E-state index contributed by atoms with van der Waals surface area (Å²) < 4.78 is 0.755. The number of benzene rings is 1. The Bertz CT molecular complexity index is 853. The average molecular weight is 409 g/mol. The number of anilines is 1. The second-order valence-electron chi connectivity index (χ2n) is 4.78. The predicted molar refractivity (Wildman–Crippen MR) is 96.3 cm³/mol. The fraction of sp³-hybridized carbons (Fsp3) is 0.0625. The molecular weight excluding hydrogens is 398 g/mol. The maximum atomic E-state index is 12.2. The van der Waals surface area contributed by atoms with Gasteiger partial charge in [-0.1, -0.05) is 23.7 Å². The number of hydrogen-bond donors (Lipinski definition) is 1. The van der Waals surface area contributed by atoms with Crippen molar-refractivity contribution in [2.24, 2.45) is 0 Å². The van der Waals surface area contributed by atoms with Gasteiger partial charge in [-0.15, -0.1) is 11.3 Å². The number of halogens is 2. The number of hydrogen-bond acceptors (Lipinski definition) is 4. The van der Waals surface area contributed by atoms with E-state index < -0.39 is 0 Å². The SMILES string of the molecule is O=C(Nc1ncc(Cc2cccc(Cl)c2)s1)c1cncc(Br)c1. The highest BCUT2D eigenvalue weighted by molar-refractivity contribution is 9.10. The van der Waals surface area contributed by atoms with Gasteiger partial charge in [-0.25, -0.2) is 4.98 Å². The topological polar surface area (TPSA) is 54.9 Å². The van der Waals surface area contributed by atoms with E-state index in [1.165, 1.54) is 17.5 Å². The molecule has 0 aliphatic carbocycles. The van der Waals surface area contributed by atoms with Crippen molar-refractivity contribution in [1.82, 2.24) is 9.97 Å². The molecule has 1 amide bonds. The molecule has 0 fully saturated rings. The van der Waals surface area contributed by atoms with Crippen LogP contribution in [-0.4, -0.2) is 15.9 Å². The molecule has 0 radical (unpaired) electrons. The molecular formula is C16H11BrClN3OS. The molecule has 116 valence electrons. The summed E-state index contributed by atoms with van der Waals surface area (Å²) in [5.41, 5.74) is 1.58. The number of carbonyl (C=O) groups is 1. The normalized spacial score (nSPS) is 10.5. The van der Waals surface area contributed by atoms with Crippen LogP contribution in [0.1, 0.15) is 20.8 Å². The first-order chi connectivity index (χ1) is 11.1. The molecule has 3 aromatic rings. The molecule has 0 aliphatic heterocycles. The van der Waals surface area contributed by atoms with Crippen LogP contribution in [0.3, 0.4) is 0 Å². The van der Waals surface area contributed by atoms with Gasteiger partial charge in [-0.2, -0.15) is 0 Å². The lowest BCUT2D eigenvalue weighted by Gasteiger charge is -2.01. The van der Waals surface area contributed by atoms with Gasteiger partial charge >= 0.3 is 0 Å². The molecule has 2 heterocycles. The number of nitrogens with one attached hydrogen (secondary N) is 1. The summed E-state index contributed by atoms with van der Waals surface area (Å²) in [4.78, 5) is 21.4. The van der Waals surface area contributed by atoms with Crippen molar-refractivity contribution in [3.63, 3.8) is 0 Å². The number of nitrogens with zero attached hydrogens (tertiary/aromatic N) is 2. The highest BCUT2D eigenvalue weighted by atomic mass is 79.9. The molecule has 2 aromatic heterocycles. The van der Waals surface area contributed by atoms with Crippen LogP contribution >= 0.6 is 38.9 Å². The average Bonchev–Trinajstić information content (AvgIpc) is 2.94. The summed E-state index contributed by atoms with van der Waals surface area (Å²) in [5.74, 6) is -0.234. The number of thiazole rings is 1. The first kappa shape index (κ1) is 16.1. The number of pyridine rings is 1. The van der Waals surface area contributed by atoms with E-state index in [0.717, 1.165) is 21.3 Å². The molecule has 0 saturated carbocycles. The van der Waals surface area contributed by atoms with E-state index in [9.17, 15) is 4.79 Å². The monoisotopic (exact) mass is 407 g/mol. The minimum Gasteiger partial charge on any atom is -0.298 e. The van der Waals surface area contributed by atoms with Gasteiger partial charge in [0.15, 0.2) is 5.13 Å². The molecule has 0 atom stereocenters. The molecule has 0 unspecified atom stereocenters. The van der Waals surface area contributed by atoms with E-state index >= 15 is 0 Å². The number of aromatic nitrogens is 2. The van der Waals surface area contributed by atoms with Crippen LogP contribution in [0.4, 0.5) is 5.13 Å². The van der Waals surface area contributed by atoms with Gasteiger partial charge in [-0.3, -0.25) is 15.1 Å². The minimum absolute atomic E-state index is 0.234. The smallest absolute Gasteiger partial charge is 0.259 e. The van der Waals surface area contributed by atoms with Gasteiger partial charge in [0.05, 0.1) is 5.56 Å². The Morgan fingerprint density at radius 2 is 2.13 bits per heavy atom. The molecule has 0 aliphatic rings. The Hall–Kier alpha value is -1.76.